The van der Waals surface area contributed by atoms with Gasteiger partial charge in [-0.05, 0) is 38.7 Å². The molecule has 0 aromatic heterocycles. The van der Waals surface area contributed by atoms with E-state index in [1.54, 1.807) is 0 Å². The highest BCUT2D eigenvalue weighted by Gasteiger charge is 2.52. The van der Waals surface area contributed by atoms with Crippen molar-refractivity contribution in [3.05, 3.63) is 35.4 Å². The number of hydrogen-bond acceptors (Lipinski definition) is 5. The fourth-order valence-corrected chi connectivity index (χ4v) is 3.93. The van der Waals surface area contributed by atoms with Crippen molar-refractivity contribution < 1.29 is 23.9 Å². The average molecular weight is 415 g/mol. The van der Waals surface area contributed by atoms with E-state index in [0.717, 1.165) is 24.0 Å². The number of aryl methyl sites for hydroxylation is 1. The number of imide groups is 1. The lowest BCUT2D eigenvalue weighted by Gasteiger charge is -2.20. The Hall–Kier alpha value is -2.90. The number of hydrogen-bond donors (Lipinski definition) is 2. The maximum absolute atomic E-state index is 12.6. The van der Waals surface area contributed by atoms with Gasteiger partial charge in [0.1, 0.15) is 5.54 Å². The summed E-state index contributed by atoms with van der Waals surface area (Å²) < 4.78 is 5.18. The van der Waals surface area contributed by atoms with Crippen molar-refractivity contribution in [1.29, 1.82) is 0 Å². The Kier molecular flexibility index (Phi) is 6.74. The molecule has 1 spiro atoms. The highest BCUT2D eigenvalue weighted by Crippen LogP contribution is 2.35. The van der Waals surface area contributed by atoms with Gasteiger partial charge in [-0.2, -0.15) is 0 Å². The third-order valence-corrected chi connectivity index (χ3v) is 5.73. The molecule has 8 nitrogen and oxygen atoms in total. The minimum Gasteiger partial charge on any atom is -0.453 e. The van der Waals surface area contributed by atoms with Crippen molar-refractivity contribution >= 4 is 23.8 Å². The molecular formula is C22H29N3O5. The van der Waals surface area contributed by atoms with Crippen LogP contribution in [0.15, 0.2) is 24.3 Å². The van der Waals surface area contributed by atoms with E-state index < -0.39 is 17.6 Å². The summed E-state index contributed by atoms with van der Waals surface area (Å²) in [5.74, 6) is -1.10. The van der Waals surface area contributed by atoms with Crippen molar-refractivity contribution in [2.75, 3.05) is 6.54 Å². The molecule has 1 aromatic carbocycles. The number of esters is 1. The number of nitrogens with zero attached hydrogens (tertiary/aromatic N) is 1. The number of amides is 4. The molecule has 2 fully saturated rings. The van der Waals surface area contributed by atoms with Crippen molar-refractivity contribution in [2.45, 2.75) is 70.6 Å². The van der Waals surface area contributed by atoms with Crippen LogP contribution < -0.4 is 10.6 Å². The fraction of sp³-hybridized carbons (Fsp3) is 0.545. The molecule has 1 atom stereocenters. The van der Waals surface area contributed by atoms with Crippen LogP contribution in [-0.2, 0) is 25.7 Å². The molecule has 1 heterocycles. The SMILES string of the molecule is Cc1ccc(CNC(=O)[C@@H](C)OC(=O)CCCN2C(=O)NC3(CCCC3)C2=O)cc1. The first-order valence-electron chi connectivity index (χ1n) is 10.5. The van der Waals surface area contributed by atoms with Gasteiger partial charge in [-0.25, -0.2) is 4.79 Å². The van der Waals surface area contributed by atoms with Gasteiger partial charge < -0.3 is 15.4 Å². The van der Waals surface area contributed by atoms with E-state index in [4.69, 9.17) is 4.74 Å². The summed E-state index contributed by atoms with van der Waals surface area (Å²) in [5, 5.41) is 5.56. The van der Waals surface area contributed by atoms with Crippen molar-refractivity contribution in [1.82, 2.24) is 15.5 Å². The molecule has 0 unspecified atom stereocenters. The van der Waals surface area contributed by atoms with Crippen LogP contribution in [0.3, 0.4) is 0 Å². The first-order valence-corrected chi connectivity index (χ1v) is 10.5. The molecule has 2 N–H and O–H groups in total. The highest BCUT2D eigenvalue weighted by molar-refractivity contribution is 6.07. The van der Waals surface area contributed by atoms with Crippen molar-refractivity contribution in [3.8, 4) is 0 Å². The summed E-state index contributed by atoms with van der Waals surface area (Å²) in [7, 11) is 0. The molecule has 30 heavy (non-hydrogen) atoms. The van der Waals surface area contributed by atoms with E-state index in [2.05, 4.69) is 10.6 Å². The van der Waals surface area contributed by atoms with Gasteiger partial charge in [-0.15, -0.1) is 0 Å². The Morgan fingerprint density at radius 3 is 2.53 bits per heavy atom. The number of urea groups is 1. The lowest BCUT2D eigenvalue weighted by atomic mass is 9.98. The van der Waals surface area contributed by atoms with Gasteiger partial charge in [0.25, 0.3) is 11.8 Å². The van der Waals surface area contributed by atoms with Gasteiger partial charge in [0.05, 0.1) is 0 Å². The molecule has 3 rings (SSSR count). The molecule has 1 saturated heterocycles. The number of nitrogens with one attached hydrogen (secondary N) is 2. The maximum atomic E-state index is 12.6. The molecule has 1 aliphatic carbocycles. The fourth-order valence-electron chi connectivity index (χ4n) is 3.93. The van der Waals surface area contributed by atoms with Gasteiger partial charge in [-0.1, -0.05) is 42.7 Å². The van der Waals surface area contributed by atoms with E-state index in [1.165, 1.54) is 11.8 Å². The molecule has 8 heteroatoms. The van der Waals surface area contributed by atoms with E-state index in [0.29, 0.717) is 25.8 Å². The molecule has 1 aliphatic heterocycles. The van der Waals surface area contributed by atoms with E-state index in [9.17, 15) is 19.2 Å². The van der Waals surface area contributed by atoms with Gasteiger partial charge in [-0.3, -0.25) is 19.3 Å². The van der Waals surface area contributed by atoms with Crippen LogP contribution in [0, 0.1) is 6.92 Å². The standard InChI is InChI=1S/C22H29N3O5/c1-15-7-9-17(10-8-15)14-23-19(27)16(2)30-18(26)6-5-13-25-20(28)22(24-21(25)29)11-3-4-12-22/h7-10,16H,3-6,11-14H2,1-2H3,(H,23,27)(H,24,29)/t16-/m1/s1. The maximum Gasteiger partial charge on any atom is 0.325 e. The van der Waals surface area contributed by atoms with E-state index in [-0.39, 0.29) is 30.8 Å². The normalized spacial score (nSPS) is 18.4. The van der Waals surface area contributed by atoms with E-state index >= 15 is 0 Å². The van der Waals surface area contributed by atoms with Gasteiger partial charge in [0.15, 0.2) is 6.10 Å². The molecule has 162 valence electrons. The Morgan fingerprint density at radius 1 is 1.20 bits per heavy atom. The topological polar surface area (TPSA) is 105 Å². The first kappa shape index (κ1) is 21.8. The molecule has 1 aromatic rings. The molecule has 4 amide bonds. The van der Waals surface area contributed by atoms with Crippen molar-refractivity contribution in [2.24, 2.45) is 0 Å². The molecule has 0 bridgehead atoms. The number of benzene rings is 1. The Labute approximate surface area is 176 Å². The first-order chi connectivity index (χ1) is 14.3. The second kappa shape index (κ2) is 9.28. The zero-order chi connectivity index (χ0) is 21.7. The molecule has 1 saturated carbocycles. The summed E-state index contributed by atoms with van der Waals surface area (Å²) in [6.45, 7) is 4.02. The Bertz CT molecular complexity index is 815. The van der Waals surface area contributed by atoms with Crippen LogP contribution in [0.2, 0.25) is 0 Å². The Balaban J connectivity index is 1.37. The number of ether oxygens (including phenoxy) is 1. The summed E-state index contributed by atoms with van der Waals surface area (Å²) >= 11 is 0. The van der Waals surface area contributed by atoms with Crippen LogP contribution in [0.4, 0.5) is 4.79 Å². The number of carbonyl (C=O) groups is 4. The lowest BCUT2D eigenvalue weighted by Crippen LogP contribution is -2.44. The predicted molar refractivity (Wildman–Crippen MR) is 109 cm³/mol. The number of rotatable bonds is 8. The average Bonchev–Trinajstić information content (AvgIpc) is 3.27. The second-order valence-corrected chi connectivity index (χ2v) is 8.12. The van der Waals surface area contributed by atoms with Crippen molar-refractivity contribution in [3.63, 3.8) is 0 Å². The van der Waals surface area contributed by atoms with Crippen LogP contribution in [-0.4, -0.2) is 46.9 Å². The van der Waals surface area contributed by atoms with E-state index in [1.807, 2.05) is 31.2 Å². The third kappa shape index (κ3) is 4.98. The van der Waals surface area contributed by atoms with Crippen LogP contribution in [0.1, 0.15) is 56.6 Å². The predicted octanol–water partition coefficient (Wildman–Crippen LogP) is 2.19. The minimum atomic E-state index is -0.915. The van der Waals surface area contributed by atoms with Crippen LogP contribution in [0.25, 0.3) is 0 Å². The number of carbonyl (C=O) groups excluding carboxylic acids is 4. The highest BCUT2D eigenvalue weighted by atomic mass is 16.5. The zero-order valence-corrected chi connectivity index (χ0v) is 17.5. The summed E-state index contributed by atoms with van der Waals surface area (Å²) in [6, 6.07) is 7.39. The summed E-state index contributed by atoms with van der Waals surface area (Å²) in [6.07, 6.45) is 2.61. The quantitative estimate of drug-likeness (QED) is 0.500. The summed E-state index contributed by atoms with van der Waals surface area (Å²) in [5.41, 5.74) is 1.36. The smallest absolute Gasteiger partial charge is 0.325 e. The minimum absolute atomic E-state index is 0.0274. The molecule has 2 aliphatic rings. The molecular weight excluding hydrogens is 386 g/mol. The lowest BCUT2D eigenvalue weighted by molar-refractivity contribution is -0.155. The largest absolute Gasteiger partial charge is 0.453 e. The monoisotopic (exact) mass is 415 g/mol. The zero-order valence-electron chi connectivity index (χ0n) is 17.5. The molecule has 0 radical (unpaired) electrons. The van der Waals surface area contributed by atoms with Gasteiger partial charge in [0.2, 0.25) is 0 Å². The second-order valence-electron chi connectivity index (χ2n) is 8.12. The van der Waals surface area contributed by atoms with Gasteiger partial charge in [0, 0.05) is 19.5 Å². The Morgan fingerprint density at radius 2 is 1.87 bits per heavy atom. The van der Waals surface area contributed by atoms with Crippen LogP contribution >= 0.6 is 0 Å². The van der Waals surface area contributed by atoms with Crippen LogP contribution in [0.5, 0.6) is 0 Å². The summed E-state index contributed by atoms with van der Waals surface area (Å²) in [4.78, 5) is 50.1. The van der Waals surface area contributed by atoms with Gasteiger partial charge >= 0.3 is 12.0 Å². The third-order valence-electron chi connectivity index (χ3n) is 5.73.